The lowest BCUT2D eigenvalue weighted by molar-refractivity contribution is -0.276. The summed E-state index contributed by atoms with van der Waals surface area (Å²) in [5.41, 5.74) is 4.12. The molecule has 43 heavy (non-hydrogen) atoms. The van der Waals surface area contributed by atoms with Gasteiger partial charge in [0.25, 0.3) is 5.91 Å². The molecule has 0 unspecified atom stereocenters. The number of anilines is 2. The second-order valence-electron chi connectivity index (χ2n) is 11.1. The first-order chi connectivity index (χ1) is 21.1. The molecule has 9 nitrogen and oxygen atoms in total. The number of nitrogens with one attached hydrogen (secondary N) is 1. The van der Waals surface area contributed by atoms with Crippen LogP contribution in [-0.2, 0) is 16.1 Å². The number of hydrogen-bond donors (Lipinski definition) is 2. The van der Waals surface area contributed by atoms with Crippen LogP contribution in [0.15, 0.2) is 97.3 Å². The number of aliphatic hydroxyl groups is 1. The molecular weight excluding hydrogens is 542 g/mol. The number of nitrogens with zero attached hydrogens (tertiary/aromatic N) is 4. The van der Waals surface area contributed by atoms with Crippen LogP contribution in [0.3, 0.4) is 0 Å². The Labute approximate surface area is 252 Å². The van der Waals surface area contributed by atoms with E-state index in [4.69, 9.17) is 9.47 Å². The number of hydrogen-bond acceptors (Lipinski definition) is 8. The molecule has 0 aliphatic carbocycles. The summed E-state index contributed by atoms with van der Waals surface area (Å²) in [4.78, 5) is 26.1. The average molecular weight is 580 g/mol. The Kier molecular flexibility index (Phi) is 9.04. The summed E-state index contributed by atoms with van der Waals surface area (Å²) < 4.78 is 13.3. The van der Waals surface area contributed by atoms with Gasteiger partial charge < -0.3 is 24.8 Å². The minimum absolute atomic E-state index is 0.00285. The van der Waals surface area contributed by atoms with Crippen LogP contribution < -0.4 is 10.2 Å². The molecule has 4 aromatic rings. The molecule has 9 heteroatoms. The largest absolute Gasteiger partial charge is 0.392 e. The van der Waals surface area contributed by atoms with Crippen molar-refractivity contribution in [2.24, 2.45) is 5.92 Å². The van der Waals surface area contributed by atoms with Gasteiger partial charge in [-0.2, -0.15) is 0 Å². The van der Waals surface area contributed by atoms with Crippen molar-refractivity contribution in [1.29, 1.82) is 0 Å². The first kappa shape index (κ1) is 28.9. The number of benzene rings is 3. The molecule has 0 radical (unpaired) electrons. The monoisotopic (exact) mass is 579 g/mol. The lowest BCUT2D eigenvalue weighted by Gasteiger charge is -2.44. The van der Waals surface area contributed by atoms with Gasteiger partial charge in [-0.25, -0.2) is 9.97 Å². The molecule has 2 N–H and O–H groups in total. The summed E-state index contributed by atoms with van der Waals surface area (Å²) in [6, 6.07) is 26.6. The number of carbonyl (C=O) groups is 1. The fourth-order valence-electron chi connectivity index (χ4n) is 5.68. The molecule has 1 amide bonds. The summed E-state index contributed by atoms with van der Waals surface area (Å²) in [6.07, 6.45) is 2.74. The van der Waals surface area contributed by atoms with E-state index in [0.29, 0.717) is 11.3 Å². The molecule has 1 aromatic heterocycles. The van der Waals surface area contributed by atoms with E-state index in [0.717, 1.165) is 55.4 Å². The normalized spacial score (nSPS) is 22.7. The maximum atomic E-state index is 12.6. The number of ether oxygens (including phenoxy) is 2. The molecule has 2 fully saturated rings. The van der Waals surface area contributed by atoms with Crippen LogP contribution in [0.5, 0.6) is 0 Å². The summed E-state index contributed by atoms with van der Waals surface area (Å²) in [6.45, 7) is 6.45. The van der Waals surface area contributed by atoms with Gasteiger partial charge in [-0.1, -0.05) is 61.5 Å². The van der Waals surface area contributed by atoms with Crippen LogP contribution in [0, 0.1) is 5.92 Å². The van der Waals surface area contributed by atoms with Crippen LogP contribution in [0.1, 0.15) is 46.4 Å². The third kappa shape index (κ3) is 6.92. The highest BCUT2D eigenvalue weighted by Crippen LogP contribution is 2.42. The highest BCUT2D eigenvalue weighted by Gasteiger charge is 2.39. The molecule has 222 valence electrons. The van der Waals surface area contributed by atoms with Crippen molar-refractivity contribution in [2.45, 2.75) is 32.0 Å². The van der Waals surface area contributed by atoms with Gasteiger partial charge >= 0.3 is 0 Å². The van der Waals surface area contributed by atoms with E-state index in [1.165, 1.54) is 0 Å². The standard InChI is InChI=1S/C34H37N5O4/c1-24-30(22-38-18-20-39(21-19-38)34-35-16-5-17-36-34)42-33(43-31(24)26-10-8-25(23-40)9-11-26)28-12-14-29(15-13-28)37-32(41)27-6-3-2-4-7-27/h2-17,24,30-31,33,40H,18-23H2,1H3,(H,37,41)/t24-,30+,31+,33+/m1/s1. The lowest BCUT2D eigenvalue weighted by atomic mass is 9.90. The number of aromatic nitrogens is 2. The average Bonchev–Trinajstić information content (AvgIpc) is 3.07. The molecule has 0 saturated carbocycles. The Morgan fingerprint density at radius 3 is 2.21 bits per heavy atom. The number of amides is 1. The van der Waals surface area contributed by atoms with E-state index in [9.17, 15) is 9.90 Å². The molecule has 0 bridgehead atoms. The number of piperazine rings is 1. The van der Waals surface area contributed by atoms with Crippen LogP contribution in [-0.4, -0.2) is 64.7 Å². The molecule has 6 rings (SSSR count). The van der Waals surface area contributed by atoms with Gasteiger partial charge in [-0.15, -0.1) is 0 Å². The number of carbonyl (C=O) groups excluding carboxylic acids is 1. The second-order valence-corrected chi connectivity index (χ2v) is 11.1. The molecule has 0 spiro atoms. The molecule has 2 aliphatic rings. The molecule has 3 heterocycles. The highest BCUT2D eigenvalue weighted by atomic mass is 16.7. The third-order valence-electron chi connectivity index (χ3n) is 8.25. The number of aliphatic hydroxyl groups excluding tert-OH is 1. The van der Waals surface area contributed by atoms with E-state index in [1.807, 2.05) is 72.8 Å². The van der Waals surface area contributed by atoms with Crippen molar-refractivity contribution < 1.29 is 19.4 Å². The lowest BCUT2D eigenvalue weighted by Crippen LogP contribution is -2.51. The van der Waals surface area contributed by atoms with E-state index in [-0.39, 0.29) is 30.6 Å². The Morgan fingerprint density at radius 2 is 1.53 bits per heavy atom. The van der Waals surface area contributed by atoms with E-state index in [1.54, 1.807) is 24.5 Å². The van der Waals surface area contributed by atoms with Gasteiger partial charge in [0.05, 0.1) is 18.8 Å². The van der Waals surface area contributed by atoms with Crippen LogP contribution >= 0.6 is 0 Å². The van der Waals surface area contributed by atoms with Crippen molar-refractivity contribution in [3.05, 3.63) is 120 Å². The topological polar surface area (TPSA) is 100 Å². The first-order valence-corrected chi connectivity index (χ1v) is 14.8. The van der Waals surface area contributed by atoms with E-state index in [2.05, 4.69) is 32.0 Å². The predicted octanol–water partition coefficient (Wildman–Crippen LogP) is 4.83. The highest BCUT2D eigenvalue weighted by molar-refractivity contribution is 6.04. The first-order valence-electron chi connectivity index (χ1n) is 14.8. The molecule has 3 aromatic carbocycles. The van der Waals surface area contributed by atoms with Gasteiger partial charge in [0.2, 0.25) is 5.95 Å². The maximum Gasteiger partial charge on any atom is 0.255 e. The smallest absolute Gasteiger partial charge is 0.255 e. The van der Waals surface area contributed by atoms with Crippen LogP contribution in [0.2, 0.25) is 0 Å². The zero-order valence-electron chi connectivity index (χ0n) is 24.3. The third-order valence-corrected chi connectivity index (χ3v) is 8.25. The fraction of sp³-hybridized carbons (Fsp3) is 0.324. The van der Waals surface area contributed by atoms with Gasteiger partial charge in [-0.05, 0) is 41.5 Å². The molecular formula is C34H37N5O4. The van der Waals surface area contributed by atoms with Crippen molar-refractivity contribution in [3.8, 4) is 0 Å². The van der Waals surface area contributed by atoms with Gasteiger partial charge in [-0.3, -0.25) is 9.69 Å². The minimum Gasteiger partial charge on any atom is -0.392 e. The zero-order valence-corrected chi connectivity index (χ0v) is 24.3. The van der Waals surface area contributed by atoms with Crippen molar-refractivity contribution >= 4 is 17.5 Å². The predicted molar refractivity (Wildman–Crippen MR) is 164 cm³/mol. The summed E-state index contributed by atoms with van der Waals surface area (Å²) in [5, 5.41) is 12.5. The Balaban J connectivity index is 1.17. The summed E-state index contributed by atoms with van der Waals surface area (Å²) in [5.74, 6) is 0.710. The molecule has 2 saturated heterocycles. The van der Waals surface area contributed by atoms with Gasteiger partial charge in [0.1, 0.15) is 0 Å². The summed E-state index contributed by atoms with van der Waals surface area (Å²) in [7, 11) is 0. The zero-order chi connectivity index (χ0) is 29.6. The Bertz CT molecular complexity index is 1460. The van der Waals surface area contributed by atoms with Crippen molar-refractivity contribution in [1.82, 2.24) is 14.9 Å². The van der Waals surface area contributed by atoms with E-state index < -0.39 is 6.29 Å². The SMILES string of the molecule is C[C@@H]1[C@H](CN2CCN(c3ncccn3)CC2)O[C@H](c2ccc(NC(=O)c3ccccc3)cc2)O[C@@H]1c1ccc(CO)cc1. The van der Waals surface area contributed by atoms with Gasteiger partial charge in [0.15, 0.2) is 6.29 Å². The van der Waals surface area contributed by atoms with Crippen LogP contribution in [0.25, 0.3) is 0 Å². The van der Waals surface area contributed by atoms with Crippen molar-refractivity contribution in [3.63, 3.8) is 0 Å². The Hall–Kier alpha value is -4.15. The fourth-order valence-corrected chi connectivity index (χ4v) is 5.68. The molecule has 4 atom stereocenters. The van der Waals surface area contributed by atoms with Crippen LogP contribution in [0.4, 0.5) is 11.6 Å². The molecule has 2 aliphatic heterocycles. The Morgan fingerprint density at radius 1 is 0.860 bits per heavy atom. The van der Waals surface area contributed by atoms with Gasteiger partial charge in [0, 0.05) is 67.8 Å². The quantitative estimate of drug-likeness (QED) is 0.306. The second kappa shape index (κ2) is 13.4. The minimum atomic E-state index is -0.568. The van der Waals surface area contributed by atoms with E-state index >= 15 is 0 Å². The summed E-state index contributed by atoms with van der Waals surface area (Å²) >= 11 is 0. The maximum absolute atomic E-state index is 12.6. The van der Waals surface area contributed by atoms with Crippen molar-refractivity contribution in [2.75, 3.05) is 42.9 Å². The number of rotatable bonds is 8.